The van der Waals surface area contributed by atoms with E-state index in [1.165, 1.54) is 23.1 Å². The van der Waals surface area contributed by atoms with Crippen molar-refractivity contribution in [3.63, 3.8) is 0 Å². The number of nitro benzene ring substituents is 1. The summed E-state index contributed by atoms with van der Waals surface area (Å²) in [6, 6.07) is 12.5. The van der Waals surface area contributed by atoms with Gasteiger partial charge in [-0.15, -0.1) is 0 Å². The molecule has 3 heterocycles. The summed E-state index contributed by atoms with van der Waals surface area (Å²) in [5.74, 6) is -1.05. The Hall–Kier alpha value is -4.25. The third-order valence-electron chi connectivity index (χ3n) is 6.62. The van der Waals surface area contributed by atoms with Crippen LogP contribution in [0.15, 0.2) is 59.1 Å². The summed E-state index contributed by atoms with van der Waals surface area (Å²) >= 11 is 3.46. The molecule has 3 aliphatic heterocycles. The molecule has 0 saturated carbocycles. The van der Waals surface area contributed by atoms with Gasteiger partial charge in [0.2, 0.25) is 6.79 Å². The molecule has 3 aromatic rings. The SMILES string of the molecule is Cc1cc(N2C(=O)[C@H](N3C(=O)c4cccc([N+](=O)[O-])c4C3=O)[C@@H]2c2ccc3c(c2)OCO3)ccc1Br. The minimum atomic E-state index is -1.19. The van der Waals surface area contributed by atoms with Crippen LogP contribution in [0.4, 0.5) is 11.4 Å². The van der Waals surface area contributed by atoms with E-state index in [-0.39, 0.29) is 17.9 Å². The number of hydrogen-bond acceptors (Lipinski definition) is 7. The van der Waals surface area contributed by atoms with Crippen LogP contribution in [0.3, 0.4) is 0 Å². The number of fused-ring (bicyclic) bond motifs is 2. The molecule has 3 aliphatic rings. The number of nitro groups is 1. The normalized spacial score (nSPS) is 20.0. The summed E-state index contributed by atoms with van der Waals surface area (Å²) < 4.78 is 11.8. The lowest BCUT2D eigenvalue weighted by atomic mass is 9.86. The van der Waals surface area contributed by atoms with Crippen LogP contribution in [-0.2, 0) is 4.79 Å². The first-order valence-corrected chi connectivity index (χ1v) is 11.7. The van der Waals surface area contributed by atoms with Crippen LogP contribution in [0.2, 0.25) is 0 Å². The third-order valence-corrected chi connectivity index (χ3v) is 7.51. The zero-order valence-corrected chi connectivity index (χ0v) is 20.2. The number of anilines is 1. The van der Waals surface area contributed by atoms with Gasteiger partial charge in [-0.1, -0.05) is 28.1 Å². The average Bonchev–Trinajstić information content (AvgIpc) is 3.42. The molecular weight excluding hydrogens is 534 g/mol. The molecule has 0 aromatic heterocycles. The number of benzene rings is 3. The number of aryl methyl sites for hydroxylation is 1. The number of carbonyl (C=O) groups is 3. The fourth-order valence-corrected chi connectivity index (χ4v) is 5.16. The summed E-state index contributed by atoms with van der Waals surface area (Å²) in [5, 5.41) is 11.5. The minimum Gasteiger partial charge on any atom is -0.454 e. The fourth-order valence-electron chi connectivity index (χ4n) is 4.91. The number of hydrogen-bond donors (Lipinski definition) is 0. The molecule has 0 bridgehead atoms. The van der Waals surface area contributed by atoms with Crippen LogP contribution in [0, 0.1) is 17.0 Å². The molecule has 1 saturated heterocycles. The zero-order valence-electron chi connectivity index (χ0n) is 18.6. The minimum absolute atomic E-state index is 0.0590. The van der Waals surface area contributed by atoms with Gasteiger partial charge >= 0.3 is 0 Å². The largest absolute Gasteiger partial charge is 0.454 e. The van der Waals surface area contributed by atoms with E-state index in [1.807, 2.05) is 19.1 Å². The number of ether oxygens (including phenoxy) is 2. The van der Waals surface area contributed by atoms with E-state index in [0.717, 1.165) is 14.9 Å². The molecule has 10 nitrogen and oxygen atoms in total. The molecule has 3 amide bonds. The predicted molar refractivity (Wildman–Crippen MR) is 129 cm³/mol. The summed E-state index contributed by atoms with van der Waals surface area (Å²) in [7, 11) is 0. The van der Waals surface area contributed by atoms with Crippen molar-refractivity contribution < 1.29 is 28.8 Å². The molecule has 0 unspecified atom stereocenters. The molecule has 0 aliphatic carbocycles. The number of rotatable bonds is 4. The molecule has 3 aromatic carbocycles. The Morgan fingerprint density at radius 2 is 1.72 bits per heavy atom. The van der Waals surface area contributed by atoms with E-state index in [1.54, 1.807) is 24.3 Å². The maximum absolute atomic E-state index is 13.6. The first-order valence-electron chi connectivity index (χ1n) is 10.9. The molecule has 1 fully saturated rings. The van der Waals surface area contributed by atoms with Gasteiger partial charge in [-0.2, -0.15) is 0 Å². The third kappa shape index (κ3) is 3.05. The molecule has 0 spiro atoms. The van der Waals surface area contributed by atoms with Crippen LogP contribution in [-0.4, -0.2) is 40.4 Å². The van der Waals surface area contributed by atoms with Crippen LogP contribution in [0.1, 0.15) is 37.9 Å². The Kier molecular flexibility index (Phi) is 4.87. The maximum atomic E-state index is 13.6. The highest BCUT2D eigenvalue weighted by Crippen LogP contribution is 2.47. The van der Waals surface area contributed by atoms with Crippen LogP contribution >= 0.6 is 15.9 Å². The van der Waals surface area contributed by atoms with Crippen molar-refractivity contribution in [2.45, 2.75) is 19.0 Å². The zero-order chi connectivity index (χ0) is 25.3. The molecule has 0 radical (unpaired) electrons. The van der Waals surface area contributed by atoms with Crippen LogP contribution in [0.5, 0.6) is 11.5 Å². The lowest BCUT2D eigenvalue weighted by Gasteiger charge is -2.49. The number of halogens is 1. The highest BCUT2D eigenvalue weighted by molar-refractivity contribution is 9.10. The number of imide groups is 1. The fraction of sp³-hybridized carbons (Fsp3) is 0.160. The Bertz CT molecular complexity index is 1520. The topological polar surface area (TPSA) is 119 Å². The van der Waals surface area contributed by atoms with Crippen molar-refractivity contribution in [2.24, 2.45) is 0 Å². The molecule has 0 N–H and O–H groups in total. The summed E-state index contributed by atoms with van der Waals surface area (Å²) in [4.78, 5) is 53.5. The second kappa shape index (κ2) is 7.89. The second-order valence-electron chi connectivity index (χ2n) is 8.58. The van der Waals surface area contributed by atoms with Gasteiger partial charge in [0.15, 0.2) is 11.5 Å². The summed E-state index contributed by atoms with van der Waals surface area (Å²) in [6.07, 6.45) is 0. The number of amides is 3. The number of nitrogens with zero attached hydrogens (tertiary/aromatic N) is 3. The van der Waals surface area contributed by atoms with E-state index >= 15 is 0 Å². The van der Waals surface area contributed by atoms with Crippen molar-refractivity contribution in [2.75, 3.05) is 11.7 Å². The second-order valence-corrected chi connectivity index (χ2v) is 9.44. The Morgan fingerprint density at radius 1 is 0.944 bits per heavy atom. The van der Waals surface area contributed by atoms with Gasteiger partial charge in [0.05, 0.1) is 16.5 Å². The Morgan fingerprint density at radius 3 is 2.47 bits per heavy atom. The first-order chi connectivity index (χ1) is 17.3. The standard InChI is InChI=1S/C25H16BrN3O7/c1-12-9-14(6-7-16(12)26)27-21(13-5-8-18-19(10-13)36-11-35-18)22(25(27)32)28-23(30)15-3-2-4-17(29(33)34)20(15)24(28)31/h2-10,21-22H,11H2,1H3/t21-,22+/m0/s1. The smallest absolute Gasteiger partial charge is 0.282 e. The Labute approximate surface area is 212 Å². The van der Waals surface area contributed by atoms with Crippen molar-refractivity contribution in [1.82, 2.24) is 4.90 Å². The van der Waals surface area contributed by atoms with Crippen molar-refractivity contribution >= 4 is 45.0 Å². The van der Waals surface area contributed by atoms with Crippen LogP contribution < -0.4 is 14.4 Å². The number of β-lactam (4-membered cyclic amide) rings is 1. The molecule has 36 heavy (non-hydrogen) atoms. The highest BCUT2D eigenvalue weighted by atomic mass is 79.9. The lowest BCUT2D eigenvalue weighted by Crippen LogP contribution is -2.67. The summed E-state index contributed by atoms with van der Waals surface area (Å²) in [5.41, 5.74) is 1.23. The van der Waals surface area contributed by atoms with Gasteiger partial charge < -0.3 is 14.4 Å². The van der Waals surface area contributed by atoms with Gasteiger partial charge in [-0.3, -0.25) is 29.4 Å². The molecule has 2 atom stereocenters. The van der Waals surface area contributed by atoms with Crippen molar-refractivity contribution in [3.05, 3.63) is 91.4 Å². The van der Waals surface area contributed by atoms with E-state index in [2.05, 4.69) is 15.9 Å². The van der Waals surface area contributed by atoms with E-state index in [4.69, 9.17) is 9.47 Å². The molecule has 11 heteroatoms. The van der Waals surface area contributed by atoms with Gasteiger partial charge in [-0.05, 0) is 54.4 Å². The lowest BCUT2D eigenvalue weighted by molar-refractivity contribution is -0.385. The van der Waals surface area contributed by atoms with E-state index in [9.17, 15) is 24.5 Å². The van der Waals surface area contributed by atoms with Crippen molar-refractivity contribution in [3.8, 4) is 11.5 Å². The van der Waals surface area contributed by atoms with Gasteiger partial charge in [-0.25, -0.2) is 0 Å². The highest BCUT2D eigenvalue weighted by Gasteiger charge is 2.58. The Balaban J connectivity index is 1.46. The van der Waals surface area contributed by atoms with Gasteiger partial charge in [0.25, 0.3) is 23.4 Å². The van der Waals surface area contributed by atoms with Crippen molar-refractivity contribution in [1.29, 1.82) is 0 Å². The van der Waals surface area contributed by atoms with E-state index < -0.39 is 40.4 Å². The average molecular weight is 550 g/mol. The predicted octanol–water partition coefficient (Wildman–Crippen LogP) is 4.15. The van der Waals surface area contributed by atoms with E-state index in [0.29, 0.717) is 22.7 Å². The van der Waals surface area contributed by atoms with Gasteiger partial charge in [0, 0.05) is 16.2 Å². The molecule has 180 valence electrons. The monoisotopic (exact) mass is 549 g/mol. The van der Waals surface area contributed by atoms with Crippen LogP contribution in [0.25, 0.3) is 0 Å². The first kappa shape index (κ1) is 22.2. The van der Waals surface area contributed by atoms with Gasteiger partial charge in [0.1, 0.15) is 11.6 Å². The molecule has 6 rings (SSSR count). The molecular formula is C25H16BrN3O7. The quantitative estimate of drug-likeness (QED) is 0.207. The summed E-state index contributed by atoms with van der Waals surface area (Å²) in [6.45, 7) is 1.94. The maximum Gasteiger partial charge on any atom is 0.282 e. The number of carbonyl (C=O) groups excluding carboxylic acids is 3.